The Balaban J connectivity index is 2.42. The first-order valence-corrected chi connectivity index (χ1v) is 7.93. The Morgan fingerprint density at radius 2 is 1.68 bits per heavy atom. The summed E-state index contributed by atoms with van der Waals surface area (Å²) in [6.07, 6.45) is 9.51. The third-order valence-electron chi connectivity index (χ3n) is 4.00. The normalized spacial score (nSPS) is 12.6. The van der Waals surface area contributed by atoms with Crippen LogP contribution < -0.4 is 5.32 Å². The lowest BCUT2D eigenvalue weighted by atomic mass is 9.95. The summed E-state index contributed by atoms with van der Waals surface area (Å²) >= 11 is 0. The van der Waals surface area contributed by atoms with E-state index < -0.39 is 0 Å². The van der Waals surface area contributed by atoms with Crippen LogP contribution in [-0.2, 0) is 0 Å². The summed E-state index contributed by atoms with van der Waals surface area (Å²) in [6, 6.07) is 7.31. The zero-order valence-corrected chi connectivity index (χ0v) is 13.3. The molecule has 0 spiro atoms. The van der Waals surface area contributed by atoms with Crippen molar-refractivity contribution in [2.45, 2.75) is 71.8 Å². The Kier molecular flexibility index (Phi) is 7.81. The van der Waals surface area contributed by atoms with Gasteiger partial charge in [0.05, 0.1) is 0 Å². The van der Waals surface area contributed by atoms with Crippen LogP contribution >= 0.6 is 0 Å². The lowest BCUT2D eigenvalue weighted by Crippen LogP contribution is -2.17. The largest absolute Gasteiger partial charge is 0.313 e. The first-order chi connectivity index (χ1) is 9.19. The number of hydrogen-bond acceptors (Lipinski definition) is 1. The highest BCUT2D eigenvalue weighted by molar-refractivity contribution is 5.32. The SMILES string of the molecule is CCCCCCCCC(NC)c1cc(C)ccc1C. The fraction of sp³-hybridized carbons (Fsp3) is 0.667. The first kappa shape index (κ1) is 16.2. The number of unbranched alkanes of at least 4 members (excludes halogenated alkanes) is 5. The predicted octanol–water partition coefficient (Wildman–Crippen LogP) is 5.31. The molecule has 1 heteroatoms. The minimum absolute atomic E-state index is 0.520. The van der Waals surface area contributed by atoms with E-state index in [4.69, 9.17) is 0 Å². The van der Waals surface area contributed by atoms with E-state index in [0.29, 0.717) is 6.04 Å². The van der Waals surface area contributed by atoms with Gasteiger partial charge in [-0.25, -0.2) is 0 Å². The fourth-order valence-corrected chi connectivity index (χ4v) is 2.72. The standard InChI is InChI=1S/C18H31N/c1-5-6-7-8-9-10-11-18(19-4)17-14-15(2)12-13-16(17)3/h12-14,18-19H,5-11H2,1-4H3. The zero-order valence-electron chi connectivity index (χ0n) is 13.3. The fourth-order valence-electron chi connectivity index (χ4n) is 2.72. The highest BCUT2D eigenvalue weighted by Crippen LogP contribution is 2.24. The van der Waals surface area contributed by atoms with Crippen molar-refractivity contribution < 1.29 is 0 Å². The molecule has 19 heavy (non-hydrogen) atoms. The second kappa shape index (κ2) is 9.14. The van der Waals surface area contributed by atoms with Crippen LogP contribution in [0.5, 0.6) is 0 Å². The van der Waals surface area contributed by atoms with Crippen LogP contribution in [0.15, 0.2) is 18.2 Å². The second-order valence-corrected chi connectivity index (χ2v) is 5.76. The zero-order chi connectivity index (χ0) is 14.1. The molecular weight excluding hydrogens is 230 g/mol. The van der Waals surface area contributed by atoms with Crippen molar-refractivity contribution in [3.8, 4) is 0 Å². The summed E-state index contributed by atoms with van der Waals surface area (Å²) in [7, 11) is 2.09. The molecule has 0 radical (unpaired) electrons. The highest BCUT2D eigenvalue weighted by Gasteiger charge is 2.11. The Morgan fingerprint density at radius 1 is 1.00 bits per heavy atom. The summed E-state index contributed by atoms with van der Waals surface area (Å²) < 4.78 is 0. The van der Waals surface area contributed by atoms with E-state index >= 15 is 0 Å². The molecule has 1 rings (SSSR count). The maximum Gasteiger partial charge on any atom is 0.0320 e. The summed E-state index contributed by atoms with van der Waals surface area (Å²) in [4.78, 5) is 0. The maximum absolute atomic E-state index is 3.49. The van der Waals surface area contributed by atoms with Gasteiger partial charge in [0.1, 0.15) is 0 Å². The molecule has 0 fully saturated rings. The number of nitrogens with one attached hydrogen (secondary N) is 1. The van der Waals surface area contributed by atoms with Gasteiger partial charge in [-0.05, 0) is 38.4 Å². The number of aryl methyl sites for hydroxylation is 2. The third-order valence-corrected chi connectivity index (χ3v) is 4.00. The molecule has 0 aliphatic carbocycles. The van der Waals surface area contributed by atoms with Crippen molar-refractivity contribution >= 4 is 0 Å². The average Bonchev–Trinajstić information content (AvgIpc) is 2.41. The lowest BCUT2D eigenvalue weighted by molar-refractivity contribution is 0.496. The van der Waals surface area contributed by atoms with E-state index in [1.807, 2.05) is 0 Å². The minimum Gasteiger partial charge on any atom is -0.313 e. The van der Waals surface area contributed by atoms with E-state index in [2.05, 4.69) is 51.3 Å². The lowest BCUT2D eigenvalue weighted by Gasteiger charge is -2.19. The van der Waals surface area contributed by atoms with E-state index in [9.17, 15) is 0 Å². The van der Waals surface area contributed by atoms with Gasteiger partial charge in [-0.3, -0.25) is 0 Å². The van der Waals surface area contributed by atoms with Crippen LogP contribution in [0.2, 0.25) is 0 Å². The molecule has 0 aliphatic heterocycles. The van der Waals surface area contributed by atoms with E-state index in [-0.39, 0.29) is 0 Å². The van der Waals surface area contributed by atoms with Crippen LogP contribution in [0.3, 0.4) is 0 Å². The maximum atomic E-state index is 3.49. The predicted molar refractivity (Wildman–Crippen MR) is 85.7 cm³/mol. The molecular formula is C18H31N. The molecule has 1 atom stereocenters. The van der Waals surface area contributed by atoms with Gasteiger partial charge in [-0.15, -0.1) is 0 Å². The van der Waals surface area contributed by atoms with Crippen molar-refractivity contribution in [1.82, 2.24) is 5.32 Å². The molecule has 1 aromatic rings. The van der Waals surface area contributed by atoms with Gasteiger partial charge in [0, 0.05) is 6.04 Å². The Morgan fingerprint density at radius 3 is 2.37 bits per heavy atom. The molecule has 0 bridgehead atoms. The van der Waals surface area contributed by atoms with Crippen LogP contribution in [0, 0.1) is 13.8 Å². The summed E-state index contributed by atoms with van der Waals surface area (Å²) in [5.41, 5.74) is 4.26. The van der Waals surface area contributed by atoms with E-state index in [1.54, 1.807) is 0 Å². The Hall–Kier alpha value is -0.820. The number of hydrogen-bond donors (Lipinski definition) is 1. The molecule has 1 nitrogen and oxygen atoms in total. The highest BCUT2D eigenvalue weighted by atomic mass is 14.9. The van der Waals surface area contributed by atoms with Crippen molar-refractivity contribution in [3.05, 3.63) is 34.9 Å². The molecule has 0 aromatic heterocycles. The molecule has 108 valence electrons. The Bertz CT molecular complexity index is 357. The van der Waals surface area contributed by atoms with Crippen molar-refractivity contribution in [1.29, 1.82) is 0 Å². The topological polar surface area (TPSA) is 12.0 Å². The van der Waals surface area contributed by atoms with Crippen LogP contribution in [0.1, 0.15) is 74.6 Å². The molecule has 0 amide bonds. The third kappa shape index (κ3) is 5.78. The molecule has 1 aromatic carbocycles. The number of benzene rings is 1. The molecule has 1 N–H and O–H groups in total. The van der Waals surface area contributed by atoms with Crippen molar-refractivity contribution in [3.63, 3.8) is 0 Å². The van der Waals surface area contributed by atoms with Gasteiger partial charge in [-0.2, -0.15) is 0 Å². The molecule has 0 aliphatic rings. The van der Waals surface area contributed by atoms with Gasteiger partial charge < -0.3 is 5.32 Å². The first-order valence-electron chi connectivity index (χ1n) is 7.93. The van der Waals surface area contributed by atoms with Gasteiger partial charge in [0.15, 0.2) is 0 Å². The average molecular weight is 261 g/mol. The minimum atomic E-state index is 0.520. The summed E-state index contributed by atoms with van der Waals surface area (Å²) in [5, 5.41) is 3.49. The van der Waals surface area contributed by atoms with Gasteiger partial charge >= 0.3 is 0 Å². The molecule has 0 saturated carbocycles. The van der Waals surface area contributed by atoms with E-state index in [1.165, 1.54) is 61.6 Å². The number of rotatable bonds is 9. The van der Waals surface area contributed by atoms with Crippen LogP contribution in [0.4, 0.5) is 0 Å². The van der Waals surface area contributed by atoms with Crippen LogP contribution in [-0.4, -0.2) is 7.05 Å². The second-order valence-electron chi connectivity index (χ2n) is 5.76. The van der Waals surface area contributed by atoms with Gasteiger partial charge in [0.25, 0.3) is 0 Å². The molecule has 1 unspecified atom stereocenters. The Labute approximate surface area is 119 Å². The van der Waals surface area contributed by atoms with Crippen molar-refractivity contribution in [2.24, 2.45) is 0 Å². The molecule has 0 heterocycles. The summed E-state index contributed by atoms with van der Waals surface area (Å²) in [5.74, 6) is 0. The van der Waals surface area contributed by atoms with Gasteiger partial charge in [-0.1, -0.05) is 69.2 Å². The summed E-state index contributed by atoms with van der Waals surface area (Å²) in [6.45, 7) is 6.68. The van der Waals surface area contributed by atoms with Gasteiger partial charge in [0.2, 0.25) is 0 Å². The van der Waals surface area contributed by atoms with Crippen LogP contribution in [0.25, 0.3) is 0 Å². The quantitative estimate of drug-likeness (QED) is 0.594. The monoisotopic (exact) mass is 261 g/mol. The smallest absolute Gasteiger partial charge is 0.0320 e. The molecule has 0 saturated heterocycles. The van der Waals surface area contributed by atoms with Crippen molar-refractivity contribution in [2.75, 3.05) is 7.05 Å². The van der Waals surface area contributed by atoms with E-state index in [0.717, 1.165) is 0 Å².